The Morgan fingerprint density at radius 2 is 2.00 bits per heavy atom. The van der Waals surface area contributed by atoms with Crippen molar-refractivity contribution in [2.45, 2.75) is 26.8 Å². The van der Waals surface area contributed by atoms with E-state index >= 15 is 0 Å². The minimum Gasteiger partial charge on any atom is -0.323 e. The Labute approximate surface area is 82.5 Å². The van der Waals surface area contributed by atoms with Crippen LogP contribution in [-0.4, -0.2) is 0 Å². The maximum absolute atomic E-state index is 6.04. The summed E-state index contributed by atoms with van der Waals surface area (Å²) >= 11 is 7.38. The van der Waals surface area contributed by atoms with Crippen molar-refractivity contribution >= 4 is 22.9 Å². The second kappa shape index (κ2) is 3.36. The van der Waals surface area contributed by atoms with Gasteiger partial charge in [0, 0.05) is 10.9 Å². The van der Waals surface area contributed by atoms with Crippen molar-refractivity contribution in [1.29, 1.82) is 0 Å². The molecule has 1 rings (SSSR count). The van der Waals surface area contributed by atoms with Gasteiger partial charge in [-0.3, -0.25) is 0 Å². The Hall–Kier alpha value is -0.0500. The van der Waals surface area contributed by atoms with E-state index in [9.17, 15) is 0 Å². The molecule has 1 aromatic heterocycles. The molecule has 0 saturated heterocycles. The van der Waals surface area contributed by atoms with Crippen molar-refractivity contribution in [2.75, 3.05) is 0 Å². The third-order valence-corrected chi connectivity index (χ3v) is 3.15. The van der Waals surface area contributed by atoms with Gasteiger partial charge in [-0.25, -0.2) is 0 Å². The molecule has 0 spiro atoms. The van der Waals surface area contributed by atoms with Gasteiger partial charge in [0.1, 0.15) is 0 Å². The summed E-state index contributed by atoms with van der Waals surface area (Å²) in [5.41, 5.74) is 6.14. The van der Waals surface area contributed by atoms with Crippen LogP contribution in [0.25, 0.3) is 0 Å². The molecule has 0 aliphatic heterocycles. The van der Waals surface area contributed by atoms with Crippen LogP contribution in [0.15, 0.2) is 12.1 Å². The van der Waals surface area contributed by atoms with E-state index in [0.717, 1.165) is 9.21 Å². The fourth-order valence-electron chi connectivity index (χ4n) is 0.922. The first-order valence-corrected chi connectivity index (χ1v) is 5.11. The number of nitrogens with two attached hydrogens (primary N) is 1. The maximum atomic E-state index is 6.04. The van der Waals surface area contributed by atoms with E-state index in [1.165, 1.54) is 0 Å². The molecular formula is C9H14ClNS. The highest BCUT2D eigenvalue weighted by atomic mass is 35.5. The molecule has 3 heteroatoms. The molecule has 1 nitrogen and oxygen atoms in total. The summed E-state index contributed by atoms with van der Waals surface area (Å²) in [4.78, 5) is 1.16. The summed E-state index contributed by atoms with van der Waals surface area (Å²) in [7, 11) is 0. The highest BCUT2D eigenvalue weighted by molar-refractivity contribution is 7.16. The van der Waals surface area contributed by atoms with Crippen LogP contribution in [-0.2, 0) is 0 Å². The minimum absolute atomic E-state index is 0.0787. The fraction of sp³-hybridized carbons (Fsp3) is 0.556. The Kier molecular flexibility index (Phi) is 2.81. The Bertz CT molecular complexity index is 262. The molecule has 12 heavy (non-hydrogen) atoms. The number of hydrogen-bond acceptors (Lipinski definition) is 2. The third kappa shape index (κ3) is 2.22. The maximum Gasteiger partial charge on any atom is 0.0931 e. The standard InChI is InChI=1S/C9H14ClNS/c1-9(2,3)8(11)6-4-5-7(10)12-6/h4-5,8H,11H2,1-3H3/t8-/m1/s1. The van der Waals surface area contributed by atoms with E-state index in [2.05, 4.69) is 20.8 Å². The SMILES string of the molecule is CC(C)(C)[C@H](N)c1ccc(Cl)s1. The van der Waals surface area contributed by atoms with Crippen LogP contribution in [0.4, 0.5) is 0 Å². The summed E-state index contributed by atoms with van der Waals surface area (Å²) in [5.74, 6) is 0. The molecule has 0 aliphatic rings. The van der Waals surface area contributed by atoms with Gasteiger partial charge < -0.3 is 5.73 Å². The van der Waals surface area contributed by atoms with Crippen LogP contribution < -0.4 is 5.73 Å². The first-order valence-electron chi connectivity index (χ1n) is 3.92. The normalized spacial score (nSPS) is 14.8. The minimum atomic E-state index is 0.0787. The average Bonchev–Trinajstić information content (AvgIpc) is 2.32. The predicted octanol–water partition coefficient (Wildman–Crippen LogP) is 3.45. The molecule has 0 aromatic carbocycles. The van der Waals surface area contributed by atoms with E-state index in [4.69, 9.17) is 17.3 Å². The van der Waals surface area contributed by atoms with Crippen molar-refractivity contribution in [1.82, 2.24) is 0 Å². The predicted molar refractivity (Wildman–Crippen MR) is 55.7 cm³/mol. The zero-order valence-electron chi connectivity index (χ0n) is 7.60. The molecular weight excluding hydrogens is 190 g/mol. The van der Waals surface area contributed by atoms with Crippen molar-refractivity contribution in [3.05, 3.63) is 21.3 Å². The zero-order chi connectivity index (χ0) is 9.35. The number of thiophene rings is 1. The lowest BCUT2D eigenvalue weighted by Crippen LogP contribution is -2.25. The van der Waals surface area contributed by atoms with Gasteiger partial charge in [0.25, 0.3) is 0 Å². The Balaban J connectivity index is 2.85. The van der Waals surface area contributed by atoms with Crippen LogP contribution in [0.2, 0.25) is 4.34 Å². The molecule has 0 radical (unpaired) electrons. The molecule has 1 aromatic rings. The molecule has 2 N–H and O–H groups in total. The quantitative estimate of drug-likeness (QED) is 0.744. The monoisotopic (exact) mass is 203 g/mol. The van der Waals surface area contributed by atoms with Crippen molar-refractivity contribution in [2.24, 2.45) is 11.1 Å². The van der Waals surface area contributed by atoms with E-state index in [1.807, 2.05) is 12.1 Å². The molecule has 0 saturated carbocycles. The van der Waals surface area contributed by atoms with Crippen molar-refractivity contribution in [3.8, 4) is 0 Å². The largest absolute Gasteiger partial charge is 0.323 e. The summed E-state index contributed by atoms with van der Waals surface area (Å²) in [6.07, 6.45) is 0. The summed E-state index contributed by atoms with van der Waals surface area (Å²) in [5, 5.41) is 0. The van der Waals surface area contributed by atoms with Crippen LogP contribution in [0.5, 0.6) is 0 Å². The molecule has 0 aliphatic carbocycles. The van der Waals surface area contributed by atoms with E-state index in [1.54, 1.807) is 11.3 Å². The molecule has 68 valence electrons. The second-order valence-electron chi connectivity index (χ2n) is 3.99. The molecule has 0 unspecified atom stereocenters. The van der Waals surface area contributed by atoms with Gasteiger partial charge >= 0.3 is 0 Å². The second-order valence-corrected chi connectivity index (χ2v) is 5.73. The van der Waals surface area contributed by atoms with Gasteiger partial charge in [0.15, 0.2) is 0 Å². The third-order valence-electron chi connectivity index (χ3n) is 1.83. The molecule has 1 atom stereocenters. The molecule has 0 bridgehead atoms. The fourth-order valence-corrected chi connectivity index (χ4v) is 2.23. The van der Waals surface area contributed by atoms with Gasteiger partial charge in [-0.1, -0.05) is 32.4 Å². The first kappa shape index (κ1) is 10.0. The van der Waals surface area contributed by atoms with Crippen LogP contribution >= 0.6 is 22.9 Å². The number of halogens is 1. The smallest absolute Gasteiger partial charge is 0.0931 e. The number of hydrogen-bond donors (Lipinski definition) is 1. The average molecular weight is 204 g/mol. The molecule has 0 amide bonds. The lowest BCUT2D eigenvalue weighted by atomic mass is 9.87. The highest BCUT2D eigenvalue weighted by Crippen LogP contribution is 2.35. The summed E-state index contributed by atoms with van der Waals surface area (Å²) in [6, 6.07) is 3.98. The lowest BCUT2D eigenvalue weighted by molar-refractivity contribution is 0.331. The lowest BCUT2D eigenvalue weighted by Gasteiger charge is -2.25. The van der Waals surface area contributed by atoms with Crippen LogP contribution in [0, 0.1) is 5.41 Å². The van der Waals surface area contributed by atoms with Crippen LogP contribution in [0.3, 0.4) is 0 Å². The van der Waals surface area contributed by atoms with E-state index in [0.29, 0.717) is 0 Å². The first-order chi connectivity index (χ1) is 5.41. The Morgan fingerprint density at radius 1 is 1.42 bits per heavy atom. The van der Waals surface area contributed by atoms with Gasteiger partial charge in [-0.15, -0.1) is 11.3 Å². The summed E-state index contributed by atoms with van der Waals surface area (Å²) < 4.78 is 0.810. The van der Waals surface area contributed by atoms with Gasteiger partial charge in [-0.2, -0.15) is 0 Å². The van der Waals surface area contributed by atoms with Gasteiger partial charge in [0.05, 0.1) is 4.34 Å². The van der Waals surface area contributed by atoms with E-state index < -0.39 is 0 Å². The van der Waals surface area contributed by atoms with Crippen molar-refractivity contribution < 1.29 is 0 Å². The Morgan fingerprint density at radius 3 is 2.33 bits per heavy atom. The van der Waals surface area contributed by atoms with Gasteiger partial charge in [0.2, 0.25) is 0 Å². The van der Waals surface area contributed by atoms with Crippen molar-refractivity contribution in [3.63, 3.8) is 0 Å². The molecule has 0 fully saturated rings. The van der Waals surface area contributed by atoms with E-state index in [-0.39, 0.29) is 11.5 Å². The summed E-state index contributed by atoms with van der Waals surface area (Å²) in [6.45, 7) is 6.39. The van der Waals surface area contributed by atoms with Crippen LogP contribution in [0.1, 0.15) is 31.7 Å². The highest BCUT2D eigenvalue weighted by Gasteiger charge is 2.23. The topological polar surface area (TPSA) is 26.0 Å². The van der Waals surface area contributed by atoms with Gasteiger partial charge in [-0.05, 0) is 17.5 Å². The zero-order valence-corrected chi connectivity index (χ0v) is 9.17. The number of rotatable bonds is 1. The molecule has 1 heterocycles.